The molecule has 2 saturated carbocycles. The zero-order chi connectivity index (χ0) is 56.4. The van der Waals surface area contributed by atoms with Crippen LogP contribution in [0.4, 0.5) is 5.69 Å². The first-order chi connectivity index (χ1) is 39.7. The highest BCUT2D eigenvalue weighted by atomic mass is 32.1. The molecule has 2 aliphatic carbocycles. The molecule has 10 heterocycles. The molecule has 6 saturated heterocycles. The number of benzene rings is 1. The number of rotatable bonds is 13. The molecular formula is C61H82N10O10S. The molecule has 0 radical (unpaired) electrons. The van der Waals surface area contributed by atoms with Crippen LogP contribution in [-0.2, 0) is 60.6 Å². The van der Waals surface area contributed by atoms with Crippen molar-refractivity contribution in [1.82, 2.24) is 45.0 Å². The zero-order valence-corrected chi connectivity index (χ0v) is 49.2. The van der Waals surface area contributed by atoms with Crippen LogP contribution < -0.4 is 15.6 Å². The third kappa shape index (κ3) is 11.1. The van der Waals surface area contributed by atoms with E-state index in [2.05, 4.69) is 80.4 Å². The smallest absolute Gasteiger partial charge is 0.324 e. The second-order valence-corrected chi connectivity index (χ2v) is 26.6. The number of pyridine rings is 1. The van der Waals surface area contributed by atoms with E-state index < -0.39 is 41.3 Å². The van der Waals surface area contributed by atoms with Gasteiger partial charge in [0.1, 0.15) is 17.1 Å². The van der Waals surface area contributed by atoms with E-state index in [-0.39, 0.29) is 47.9 Å². The number of aromatic nitrogens is 3. The molecular weight excluding hydrogens is 1060 g/mol. The van der Waals surface area contributed by atoms with Crippen LogP contribution in [-0.4, -0.2) is 201 Å². The Morgan fingerprint density at radius 2 is 1.67 bits per heavy atom. The van der Waals surface area contributed by atoms with Crippen LogP contribution in [0.1, 0.15) is 94.6 Å². The number of nitrogens with one attached hydrogen (secondary N) is 2. The largest absolute Gasteiger partial charge is 0.464 e. The van der Waals surface area contributed by atoms with E-state index in [4.69, 9.17) is 38.4 Å². The van der Waals surface area contributed by atoms with Crippen molar-refractivity contribution >= 4 is 51.6 Å². The summed E-state index contributed by atoms with van der Waals surface area (Å²) in [7, 11) is 1.74. The van der Waals surface area contributed by atoms with Gasteiger partial charge in [-0.05, 0) is 81.5 Å². The van der Waals surface area contributed by atoms with Gasteiger partial charge in [-0.1, -0.05) is 26.8 Å². The summed E-state index contributed by atoms with van der Waals surface area (Å²) in [5.41, 5.74) is 10.4. The van der Waals surface area contributed by atoms with Gasteiger partial charge in [-0.15, -0.1) is 11.3 Å². The van der Waals surface area contributed by atoms with Gasteiger partial charge in [0.15, 0.2) is 0 Å². The topological polar surface area (TPSA) is 195 Å². The van der Waals surface area contributed by atoms with Crippen molar-refractivity contribution in [3.8, 4) is 22.5 Å². The van der Waals surface area contributed by atoms with Gasteiger partial charge >= 0.3 is 5.97 Å². The first-order valence-corrected chi connectivity index (χ1v) is 31.2. The van der Waals surface area contributed by atoms with Crippen molar-refractivity contribution in [2.75, 3.05) is 124 Å². The second kappa shape index (κ2) is 23.1. The molecule has 21 heteroatoms. The van der Waals surface area contributed by atoms with Crippen LogP contribution in [0.2, 0.25) is 0 Å². The quantitative estimate of drug-likeness (QED) is 0.165. The van der Waals surface area contributed by atoms with Crippen molar-refractivity contribution in [3.63, 3.8) is 0 Å². The van der Waals surface area contributed by atoms with Crippen molar-refractivity contribution in [2.24, 2.45) is 28.6 Å². The molecule has 4 aromatic rings. The third-order valence-corrected chi connectivity index (χ3v) is 20.1. The van der Waals surface area contributed by atoms with E-state index in [1.165, 1.54) is 29.2 Å². The van der Waals surface area contributed by atoms with E-state index in [9.17, 15) is 14.4 Å². The van der Waals surface area contributed by atoms with Gasteiger partial charge in [-0.2, -0.15) is 0 Å². The Morgan fingerprint density at radius 1 is 0.902 bits per heavy atom. The lowest BCUT2D eigenvalue weighted by molar-refractivity contribution is -0.202. The van der Waals surface area contributed by atoms with E-state index in [0.29, 0.717) is 116 Å². The molecule has 7 atom stereocenters. The fraction of sp³-hybridized carbons (Fsp3) is 0.672. The molecule has 8 fully saturated rings. The summed E-state index contributed by atoms with van der Waals surface area (Å²) in [5, 5.41) is 8.58. The van der Waals surface area contributed by atoms with Gasteiger partial charge in [-0.3, -0.25) is 39.0 Å². The first-order valence-electron chi connectivity index (χ1n) is 30.3. The Morgan fingerprint density at radius 3 is 2.40 bits per heavy atom. The van der Waals surface area contributed by atoms with Crippen LogP contribution in [0.3, 0.4) is 0 Å². The number of cyclic esters (lactones) is 1. The number of anilines is 1. The fourth-order valence-corrected chi connectivity index (χ4v) is 15.1. The molecule has 1 unspecified atom stereocenters. The Labute approximate surface area is 484 Å². The molecule has 1 aromatic carbocycles. The minimum atomic E-state index is -1.11. The number of hydrogen-bond acceptors (Lipinski definition) is 17. The van der Waals surface area contributed by atoms with Crippen molar-refractivity contribution in [1.29, 1.82) is 0 Å². The standard InChI is InChI=1S/C61H82N10O10S/c1-37-49(50(37)57(73)68-19-24-78-25-20-68)55(72)64-52-54(69-32-61(33-69)35-79-36-61)56-63-47(31-82-56)39-8-11-48-43(27-39)45(29-60(3,4)34-81-59(75)46-7-6-14-71(65-46)58(52)74)53(70(48)21-26-80-42-12-22-77-23-13-42)44-28-41(30-62-51(44)38(2)76-5)67-17-15-66(16-18-67)40-9-10-40/h8,11,27-28,30-31,37-38,40,42,46,49-50,52,54,65H,6-7,9-10,12-26,29,32-36H2,1-5H3,(H,64,72)/t37-,38+,46+,49?,50-,52+,54+/m1/s1. The molecule has 3 amide bonds. The summed E-state index contributed by atoms with van der Waals surface area (Å²) < 4.78 is 38.6. The third-order valence-electron chi connectivity index (χ3n) is 19.2. The lowest BCUT2D eigenvalue weighted by atomic mass is 9.76. The number of hydrazine groups is 1. The number of nitrogens with zero attached hydrogens (tertiary/aromatic N) is 8. The van der Waals surface area contributed by atoms with Crippen molar-refractivity contribution < 1.29 is 47.6 Å². The summed E-state index contributed by atoms with van der Waals surface area (Å²) in [6, 6.07) is 7.06. The number of esters is 1. The van der Waals surface area contributed by atoms with E-state index >= 15 is 4.79 Å². The van der Waals surface area contributed by atoms with Gasteiger partial charge in [0.2, 0.25) is 11.8 Å². The van der Waals surface area contributed by atoms with Gasteiger partial charge in [0, 0.05) is 130 Å². The number of carbonyl (C=O) groups excluding carboxylic acids is 4. The maximum absolute atomic E-state index is 15.5. The summed E-state index contributed by atoms with van der Waals surface area (Å²) in [5.74, 6) is -2.50. The molecule has 9 aliphatic rings. The number of morpholine rings is 1. The number of hydrogen-bond donors (Lipinski definition) is 2. The Bertz CT molecular complexity index is 3020. The van der Waals surface area contributed by atoms with Crippen LogP contribution in [0.25, 0.3) is 33.4 Å². The number of fused-ring (bicyclic) bond motifs is 6. The van der Waals surface area contributed by atoms with Crippen LogP contribution in [0, 0.1) is 28.6 Å². The number of likely N-dealkylation sites (tertiary alicyclic amines) is 1. The predicted molar refractivity (Wildman–Crippen MR) is 308 cm³/mol. The lowest BCUT2D eigenvalue weighted by Crippen LogP contribution is -2.70. The molecule has 442 valence electrons. The lowest BCUT2D eigenvalue weighted by Gasteiger charge is -2.58. The first kappa shape index (κ1) is 56.1. The minimum Gasteiger partial charge on any atom is -0.464 e. The second-order valence-electron chi connectivity index (χ2n) is 25.7. The Kier molecular flexibility index (Phi) is 15.8. The minimum absolute atomic E-state index is 0.0421. The van der Waals surface area contributed by atoms with Crippen molar-refractivity contribution in [2.45, 2.75) is 116 Å². The molecule has 6 bridgehead atoms. The number of thiazole rings is 1. The highest BCUT2D eigenvalue weighted by Gasteiger charge is 2.59. The van der Waals surface area contributed by atoms with E-state index in [1.54, 1.807) is 12.0 Å². The molecule has 13 rings (SSSR count). The Hall–Kier alpha value is -5.10. The van der Waals surface area contributed by atoms with Gasteiger partial charge < -0.3 is 48.1 Å². The average Bonchev–Trinajstić information content (AvgIpc) is 3.99. The molecule has 7 aliphatic heterocycles. The molecule has 1 spiro atoms. The predicted octanol–water partition coefficient (Wildman–Crippen LogP) is 5.23. The highest BCUT2D eigenvalue weighted by molar-refractivity contribution is 7.10. The average molecular weight is 1150 g/mol. The van der Waals surface area contributed by atoms with Gasteiger partial charge in [0.25, 0.3) is 5.91 Å². The number of ether oxygens (including phenoxy) is 6. The van der Waals surface area contributed by atoms with Crippen LogP contribution >= 0.6 is 11.3 Å². The normalized spacial score (nSPS) is 28.5. The summed E-state index contributed by atoms with van der Waals surface area (Å²) >= 11 is 1.48. The maximum Gasteiger partial charge on any atom is 0.324 e. The van der Waals surface area contributed by atoms with Gasteiger partial charge in [0.05, 0.1) is 98.7 Å². The maximum atomic E-state index is 15.5. The summed E-state index contributed by atoms with van der Waals surface area (Å²) in [6.45, 7) is 19.5. The molecule has 2 N–H and O–H groups in total. The zero-order valence-electron chi connectivity index (χ0n) is 48.4. The summed E-state index contributed by atoms with van der Waals surface area (Å²) in [6.07, 6.45) is 7.64. The highest BCUT2D eigenvalue weighted by Crippen LogP contribution is 2.50. The monoisotopic (exact) mass is 1150 g/mol. The molecule has 3 aromatic heterocycles. The number of piperazine rings is 1. The van der Waals surface area contributed by atoms with Crippen LogP contribution in [0.5, 0.6) is 0 Å². The SMILES string of the molecule is CO[C@@H](C)c1ncc(N2CCN(C3CC3)CC2)cc1-c1c2c3cc(ccc3n1CCOC1CCOCC1)-c1csc(n1)[C@@H](N1CC3(COC3)C1)[C@H](NC(=O)C1[C@@H](C)[C@H]1C(=O)N1CCOCC1)C(=O)N1CCC[C@H](N1)C(=O)OCC(C)(C)C2. The van der Waals surface area contributed by atoms with Crippen molar-refractivity contribution in [3.05, 3.63) is 52.1 Å². The number of amides is 3. The van der Waals surface area contributed by atoms with E-state index in [0.717, 1.165) is 89.4 Å². The van der Waals surface area contributed by atoms with Crippen LogP contribution in [0.15, 0.2) is 35.8 Å². The molecule has 20 nitrogen and oxygen atoms in total. The Balaban J connectivity index is 0.926. The number of methoxy groups -OCH3 is 1. The van der Waals surface area contributed by atoms with Gasteiger partial charge in [-0.25, -0.2) is 10.4 Å². The van der Waals surface area contributed by atoms with E-state index in [1.807, 2.05) is 13.1 Å². The summed E-state index contributed by atoms with van der Waals surface area (Å²) in [4.78, 5) is 78.6. The fourth-order valence-electron chi connectivity index (χ4n) is 14.1. The molecule has 82 heavy (non-hydrogen) atoms. The number of carbonyl (C=O) groups is 4.